The van der Waals surface area contributed by atoms with Gasteiger partial charge in [0.2, 0.25) is 0 Å². The van der Waals surface area contributed by atoms with Gasteiger partial charge in [-0.05, 0) is 53.9 Å². The average molecular weight is 479 g/mol. The van der Waals surface area contributed by atoms with Crippen LogP contribution in [-0.2, 0) is 24.3 Å². The van der Waals surface area contributed by atoms with E-state index in [1.54, 1.807) is 11.4 Å². The first kappa shape index (κ1) is 23.2. The van der Waals surface area contributed by atoms with Crippen LogP contribution in [0.4, 0.5) is 15.8 Å². The summed E-state index contributed by atoms with van der Waals surface area (Å²) in [6, 6.07) is 14.6. The summed E-state index contributed by atoms with van der Waals surface area (Å²) in [5, 5.41) is 4.08. The fraction of sp³-hybridized carbons (Fsp3) is 0.143. The van der Waals surface area contributed by atoms with E-state index >= 15 is 0 Å². The predicted molar refractivity (Wildman–Crippen MR) is 118 cm³/mol. The van der Waals surface area contributed by atoms with Crippen LogP contribution in [0.1, 0.15) is 0 Å². The highest BCUT2D eigenvalue weighted by atomic mass is 32.2. The third-order valence-corrected chi connectivity index (χ3v) is 7.30. The Labute approximate surface area is 188 Å². The molecule has 0 radical (unpaired) electrons. The number of esters is 1. The van der Waals surface area contributed by atoms with Gasteiger partial charge in [0.05, 0.1) is 5.69 Å². The zero-order valence-electron chi connectivity index (χ0n) is 16.9. The molecule has 11 heteroatoms. The molecule has 0 spiro atoms. The minimum absolute atomic E-state index is 0.226. The summed E-state index contributed by atoms with van der Waals surface area (Å²) in [6.45, 7) is -1.00. The quantitative estimate of drug-likeness (QED) is 0.474. The summed E-state index contributed by atoms with van der Waals surface area (Å²) in [7, 11) is -2.21. The zero-order chi connectivity index (χ0) is 23.1. The van der Waals surface area contributed by atoms with Crippen molar-refractivity contribution in [3.63, 3.8) is 0 Å². The molecule has 1 aromatic heterocycles. The summed E-state index contributed by atoms with van der Waals surface area (Å²) in [4.78, 5) is 23.6. The van der Waals surface area contributed by atoms with Crippen LogP contribution in [0.15, 0.2) is 70.3 Å². The second-order valence-electron chi connectivity index (χ2n) is 6.41. The number of ether oxygens (including phenoxy) is 2. The molecular formula is C21H19FN2O6S2. The van der Waals surface area contributed by atoms with Crippen LogP contribution >= 0.6 is 11.3 Å². The summed E-state index contributed by atoms with van der Waals surface area (Å²) in [5.41, 5.74) is 0.663. The van der Waals surface area contributed by atoms with Gasteiger partial charge in [0.15, 0.2) is 13.2 Å². The average Bonchev–Trinajstić information content (AvgIpc) is 3.32. The highest BCUT2D eigenvalue weighted by Gasteiger charge is 2.22. The predicted octanol–water partition coefficient (Wildman–Crippen LogP) is 3.27. The largest absolute Gasteiger partial charge is 0.482 e. The van der Waals surface area contributed by atoms with Crippen LogP contribution in [0.25, 0.3) is 0 Å². The monoisotopic (exact) mass is 478 g/mol. The molecule has 3 aromatic rings. The summed E-state index contributed by atoms with van der Waals surface area (Å²) >= 11 is 1.12. The van der Waals surface area contributed by atoms with Gasteiger partial charge in [-0.1, -0.05) is 12.1 Å². The van der Waals surface area contributed by atoms with E-state index in [4.69, 9.17) is 9.47 Å². The van der Waals surface area contributed by atoms with E-state index in [2.05, 4.69) is 5.32 Å². The Hall–Kier alpha value is -3.44. The number of carbonyl (C=O) groups excluding carboxylic acids is 2. The normalized spacial score (nSPS) is 10.9. The number of nitrogens with one attached hydrogen (secondary N) is 1. The summed E-state index contributed by atoms with van der Waals surface area (Å²) < 4.78 is 49.7. The maximum absolute atomic E-state index is 13.1. The molecule has 0 aliphatic rings. The maximum atomic E-state index is 13.1. The molecule has 0 saturated carbocycles. The number of carbonyl (C=O) groups is 2. The van der Waals surface area contributed by atoms with Gasteiger partial charge in [-0.15, -0.1) is 11.3 Å². The van der Waals surface area contributed by atoms with E-state index in [1.807, 2.05) is 0 Å². The van der Waals surface area contributed by atoms with Gasteiger partial charge >= 0.3 is 5.97 Å². The van der Waals surface area contributed by atoms with Crippen LogP contribution in [-0.4, -0.2) is 40.6 Å². The Balaban J connectivity index is 1.46. The summed E-state index contributed by atoms with van der Waals surface area (Å²) in [5.74, 6) is -1.59. The number of benzene rings is 2. The van der Waals surface area contributed by atoms with Crippen molar-refractivity contribution in [3.05, 3.63) is 71.9 Å². The van der Waals surface area contributed by atoms with Crippen LogP contribution in [0.5, 0.6) is 5.75 Å². The van der Waals surface area contributed by atoms with E-state index in [0.29, 0.717) is 11.4 Å². The number of hydrogen-bond acceptors (Lipinski definition) is 7. The number of halogens is 1. The van der Waals surface area contributed by atoms with Crippen LogP contribution < -0.4 is 14.4 Å². The number of hydrogen-bond donors (Lipinski definition) is 1. The van der Waals surface area contributed by atoms with Gasteiger partial charge in [-0.25, -0.2) is 17.6 Å². The third-order valence-electron chi connectivity index (χ3n) is 4.14. The van der Waals surface area contributed by atoms with Crippen molar-refractivity contribution in [2.75, 3.05) is 29.9 Å². The molecule has 0 aliphatic carbocycles. The topological polar surface area (TPSA) is 102 Å². The first-order valence-electron chi connectivity index (χ1n) is 9.22. The second-order valence-corrected chi connectivity index (χ2v) is 9.55. The van der Waals surface area contributed by atoms with Crippen molar-refractivity contribution in [2.24, 2.45) is 0 Å². The Morgan fingerprint density at radius 3 is 2.47 bits per heavy atom. The van der Waals surface area contributed by atoms with Crippen molar-refractivity contribution in [1.82, 2.24) is 0 Å². The Morgan fingerprint density at radius 2 is 1.81 bits per heavy atom. The molecule has 0 unspecified atom stereocenters. The lowest BCUT2D eigenvalue weighted by molar-refractivity contribution is -0.149. The van der Waals surface area contributed by atoms with Crippen molar-refractivity contribution in [1.29, 1.82) is 0 Å². The first-order valence-corrected chi connectivity index (χ1v) is 11.5. The Bertz CT molecular complexity index is 1180. The van der Waals surface area contributed by atoms with Crippen molar-refractivity contribution in [3.8, 4) is 5.75 Å². The van der Waals surface area contributed by atoms with Gasteiger partial charge in [-0.2, -0.15) is 0 Å². The molecule has 8 nitrogen and oxygen atoms in total. The molecule has 0 bridgehead atoms. The fourth-order valence-electron chi connectivity index (χ4n) is 2.53. The molecular weight excluding hydrogens is 459 g/mol. The molecule has 0 aliphatic heterocycles. The second kappa shape index (κ2) is 10.2. The van der Waals surface area contributed by atoms with Gasteiger partial charge < -0.3 is 14.8 Å². The number of sulfonamides is 1. The molecule has 168 valence electrons. The van der Waals surface area contributed by atoms with E-state index in [9.17, 15) is 22.4 Å². The molecule has 0 fully saturated rings. The van der Waals surface area contributed by atoms with E-state index in [1.165, 1.54) is 55.6 Å². The molecule has 1 heterocycles. The smallest absolute Gasteiger partial charge is 0.344 e. The van der Waals surface area contributed by atoms with Gasteiger partial charge in [0.25, 0.3) is 15.9 Å². The number of anilines is 2. The molecule has 0 saturated heterocycles. The number of amides is 1. The maximum Gasteiger partial charge on any atom is 0.344 e. The van der Waals surface area contributed by atoms with Crippen molar-refractivity contribution < 1.29 is 31.9 Å². The van der Waals surface area contributed by atoms with Crippen molar-refractivity contribution >= 4 is 44.6 Å². The van der Waals surface area contributed by atoms with E-state index in [-0.39, 0.29) is 9.90 Å². The Kier molecular flexibility index (Phi) is 7.44. The summed E-state index contributed by atoms with van der Waals surface area (Å²) in [6.07, 6.45) is 0. The SMILES string of the molecule is CN(c1ccc(OCC(=O)OCC(=O)Nc2cccc(F)c2)cc1)S(=O)(=O)c1cccs1. The van der Waals surface area contributed by atoms with Gasteiger partial charge in [0, 0.05) is 12.7 Å². The minimum Gasteiger partial charge on any atom is -0.482 e. The lowest BCUT2D eigenvalue weighted by Crippen LogP contribution is -2.25. The van der Waals surface area contributed by atoms with Gasteiger partial charge in [0.1, 0.15) is 15.8 Å². The standard InChI is InChI=1S/C21H19FN2O6S2/c1-24(32(27,28)21-6-3-11-31-21)17-7-9-18(10-8-17)29-14-20(26)30-13-19(25)23-16-5-2-4-15(22)12-16/h2-12H,13-14H2,1H3,(H,23,25). The minimum atomic E-state index is -3.65. The van der Waals surface area contributed by atoms with Gasteiger partial charge in [-0.3, -0.25) is 9.10 Å². The molecule has 3 rings (SSSR count). The highest BCUT2D eigenvalue weighted by Crippen LogP contribution is 2.26. The molecule has 0 atom stereocenters. The lowest BCUT2D eigenvalue weighted by Gasteiger charge is -2.18. The molecule has 32 heavy (non-hydrogen) atoms. The molecule has 1 amide bonds. The third kappa shape index (κ3) is 6.05. The van der Waals surface area contributed by atoms with Crippen molar-refractivity contribution in [2.45, 2.75) is 4.21 Å². The number of nitrogens with zero attached hydrogens (tertiary/aromatic N) is 1. The number of thiophene rings is 1. The van der Waals surface area contributed by atoms with Crippen LogP contribution in [0.3, 0.4) is 0 Å². The highest BCUT2D eigenvalue weighted by molar-refractivity contribution is 7.94. The molecule has 2 aromatic carbocycles. The number of rotatable bonds is 9. The van der Waals surface area contributed by atoms with Crippen LogP contribution in [0, 0.1) is 5.82 Å². The fourth-order valence-corrected chi connectivity index (χ4v) is 4.89. The lowest BCUT2D eigenvalue weighted by atomic mass is 10.3. The first-order chi connectivity index (χ1) is 15.3. The van der Waals surface area contributed by atoms with Crippen LogP contribution in [0.2, 0.25) is 0 Å². The molecule has 1 N–H and O–H groups in total. The zero-order valence-corrected chi connectivity index (χ0v) is 18.5. The van der Waals surface area contributed by atoms with E-state index < -0.39 is 40.9 Å². The van der Waals surface area contributed by atoms with E-state index in [0.717, 1.165) is 21.7 Å². The Morgan fingerprint density at radius 1 is 1.06 bits per heavy atom.